The standard InChI is InChI=1S/C14H19NO/c1-2-5-13(15)7-4-3-6-12-8-10-14(16)11-9-12/h3,6,8-11,15-16H,2,4-5,7H2,1H3/b6-3+,15-13?. The molecule has 2 N–H and O–H groups in total. The van der Waals surface area contributed by atoms with Crippen molar-refractivity contribution in [1.82, 2.24) is 0 Å². The van der Waals surface area contributed by atoms with E-state index in [0.29, 0.717) is 5.75 Å². The van der Waals surface area contributed by atoms with Gasteiger partial charge in [-0.15, -0.1) is 0 Å². The van der Waals surface area contributed by atoms with Crippen LogP contribution in [0.15, 0.2) is 30.3 Å². The fourth-order valence-corrected chi connectivity index (χ4v) is 1.49. The molecule has 0 spiro atoms. The molecule has 0 aromatic heterocycles. The van der Waals surface area contributed by atoms with Gasteiger partial charge < -0.3 is 10.5 Å². The van der Waals surface area contributed by atoms with E-state index < -0.39 is 0 Å². The summed E-state index contributed by atoms with van der Waals surface area (Å²) in [6.45, 7) is 2.10. The van der Waals surface area contributed by atoms with Crippen molar-refractivity contribution < 1.29 is 5.11 Å². The molecule has 0 radical (unpaired) electrons. The summed E-state index contributed by atoms with van der Waals surface area (Å²) < 4.78 is 0. The van der Waals surface area contributed by atoms with Gasteiger partial charge in [0.25, 0.3) is 0 Å². The largest absolute Gasteiger partial charge is 0.508 e. The molecule has 0 saturated heterocycles. The van der Waals surface area contributed by atoms with Crippen molar-refractivity contribution in [3.8, 4) is 5.75 Å². The second-order valence-corrected chi connectivity index (χ2v) is 3.89. The second kappa shape index (κ2) is 6.83. The zero-order valence-electron chi connectivity index (χ0n) is 9.74. The zero-order valence-corrected chi connectivity index (χ0v) is 9.74. The van der Waals surface area contributed by atoms with Gasteiger partial charge in [-0.25, -0.2) is 0 Å². The minimum Gasteiger partial charge on any atom is -0.508 e. The summed E-state index contributed by atoms with van der Waals surface area (Å²) in [6, 6.07) is 7.12. The number of allylic oxidation sites excluding steroid dienone is 1. The van der Waals surface area contributed by atoms with E-state index in [0.717, 1.165) is 37.0 Å². The average molecular weight is 217 g/mol. The Morgan fingerprint density at radius 1 is 1.25 bits per heavy atom. The van der Waals surface area contributed by atoms with Crippen molar-refractivity contribution in [2.75, 3.05) is 0 Å². The lowest BCUT2D eigenvalue weighted by molar-refractivity contribution is 0.475. The molecule has 0 saturated carbocycles. The van der Waals surface area contributed by atoms with Gasteiger partial charge in [-0.1, -0.05) is 37.6 Å². The Morgan fingerprint density at radius 3 is 2.56 bits per heavy atom. The van der Waals surface area contributed by atoms with Crippen LogP contribution < -0.4 is 0 Å². The van der Waals surface area contributed by atoms with Crippen molar-refractivity contribution in [2.24, 2.45) is 0 Å². The first-order chi connectivity index (χ1) is 7.72. The Bertz CT molecular complexity index is 352. The minimum atomic E-state index is 0.293. The number of nitrogens with one attached hydrogen (secondary N) is 1. The molecule has 86 valence electrons. The molecule has 0 atom stereocenters. The molecule has 1 rings (SSSR count). The molecule has 2 nitrogen and oxygen atoms in total. The van der Waals surface area contributed by atoms with Gasteiger partial charge in [-0.05, 0) is 37.0 Å². The molecule has 0 amide bonds. The Balaban J connectivity index is 2.32. The molecule has 0 heterocycles. The maximum absolute atomic E-state index is 9.11. The van der Waals surface area contributed by atoms with Crippen LogP contribution in [0.25, 0.3) is 6.08 Å². The number of phenols is 1. The maximum Gasteiger partial charge on any atom is 0.115 e. The van der Waals surface area contributed by atoms with Crippen LogP contribution in [0.4, 0.5) is 0 Å². The molecule has 1 aromatic rings. The summed E-state index contributed by atoms with van der Waals surface area (Å²) in [6.07, 6.45) is 7.84. The molecular formula is C14H19NO. The van der Waals surface area contributed by atoms with E-state index in [1.807, 2.05) is 18.2 Å². The zero-order chi connectivity index (χ0) is 11.8. The summed E-state index contributed by atoms with van der Waals surface area (Å²) in [5, 5.41) is 16.7. The molecule has 0 aliphatic rings. The van der Waals surface area contributed by atoms with Crippen LogP contribution >= 0.6 is 0 Å². The normalized spacial score (nSPS) is 10.8. The van der Waals surface area contributed by atoms with E-state index in [1.165, 1.54) is 0 Å². The highest BCUT2D eigenvalue weighted by Crippen LogP contribution is 2.11. The van der Waals surface area contributed by atoms with Gasteiger partial charge in [0.2, 0.25) is 0 Å². The number of hydrogen-bond donors (Lipinski definition) is 2. The molecule has 0 bridgehead atoms. The quantitative estimate of drug-likeness (QED) is 0.695. The molecule has 0 aliphatic carbocycles. The fraction of sp³-hybridized carbons (Fsp3) is 0.357. The predicted molar refractivity (Wildman–Crippen MR) is 69.0 cm³/mol. The van der Waals surface area contributed by atoms with Crippen LogP contribution in [0, 0.1) is 5.41 Å². The Morgan fingerprint density at radius 2 is 1.94 bits per heavy atom. The number of benzene rings is 1. The summed E-state index contributed by atoms with van der Waals surface area (Å²) >= 11 is 0. The Hall–Kier alpha value is -1.57. The SMILES string of the molecule is CCCC(=N)CC/C=C/c1ccc(O)cc1. The minimum absolute atomic E-state index is 0.293. The topological polar surface area (TPSA) is 44.1 Å². The van der Waals surface area contributed by atoms with Crippen LogP contribution in [0.3, 0.4) is 0 Å². The number of phenolic OH excluding ortho intramolecular Hbond substituents is 1. The van der Waals surface area contributed by atoms with Crippen molar-refractivity contribution >= 4 is 11.8 Å². The number of hydrogen-bond acceptors (Lipinski definition) is 2. The van der Waals surface area contributed by atoms with Crippen molar-refractivity contribution in [3.05, 3.63) is 35.9 Å². The van der Waals surface area contributed by atoms with Gasteiger partial charge in [0.05, 0.1) is 0 Å². The van der Waals surface area contributed by atoms with Gasteiger partial charge in [-0.2, -0.15) is 0 Å². The van der Waals surface area contributed by atoms with Crippen LogP contribution in [-0.4, -0.2) is 10.8 Å². The summed E-state index contributed by atoms with van der Waals surface area (Å²) in [5.41, 5.74) is 1.91. The third-order valence-corrected chi connectivity index (χ3v) is 2.37. The predicted octanol–water partition coefficient (Wildman–Crippen LogP) is 4.01. The first kappa shape index (κ1) is 12.5. The van der Waals surface area contributed by atoms with Crippen LogP contribution in [0.2, 0.25) is 0 Å². The van der Waals surface area contributed by atoms with E-state index in [2.05, 4.69) is 13.0 Å². The average Bonchev–Trinajstić information content (AvgIpc) is 2.27. The van der Waals surface area contributed by atoms with Gasteiger partial charge >= 0.3 is 0 Å². The van der Waals surface area contributed by atoms with Gasteiger partial charge in [0, 0.05) is 5.71 Å². The molecule has 2 heteroatoms. The van der Waals surface area contributed by atoms with Gasteiger partial charge in [-0.3, -0.25) is 0 Å². The highest BCUT2D eigenvalue weighted by Gasteiger charge is 1.93. The second-order valence-electron chi connectivity index (χ2n) is 3.89. The van der Waals surface area contributed by atoms with Crippen LogP contribution in [0.5, 0.6) is 5.75 Å². The van der Waals surface area contributed by atoms with E-state index in [4.69, 9.17) is 10.5 Å². The smallest absolute Gasteiger partial charge is 0.115 e. The highest BCUT2D eigenvalue weighted by atomic mass is 16.3. The Kier molecular flexibility index (Phi) is 5.34. The molecule has 1 aromatic carbocycles. The molecule has 0 unspecified atom stereocenters. The van der Waals surface area contributed by atoms with Crippen LogP contribution in [-0.2, 0) is 0 Å². The number of rotatable bonds is 6. The fourth-order valence-electron chi connectivity index (χ4n) is 1.49. The first-order valence-corrected chi connectivity index (χ1v) is 5.74. The molecular weight excluding hydrogens is 198 g/mol. The van der Waals surface area contributed by atoms with Crippen molar-refractivity contribution in [1.29, 1.82) is 5.41 Å². The van der Waals surface area contributed by atoms with E-state index in [-0.39, 0.29) is 0 Å². The molecule has 0 fully saturated rings. The Labute approximate surface area is 97.1 Å². The monoisotopic (exact) mass is 217 g/mol. The summed E-state index contributed by atoms with van der Waals surface area (Å²) in [4.78, 5) is 0. The van der Waals surface area contributed by atoms with E-state index in [9.17, 15) is 0 Å². The summed E-state index contributed by atoms with van der Waals surface area (Å²) in [5.74, 6) is 0.293. The molecule has 16 heavy (non-hydrogen) atoms. The van der Waals surface area contributed by atoms with Crippen molar-refractivity contribution in [2.45, 2.75) is 32.6 Å². The lowest BCUT2D eigenvalue weighted by atomic mass is 10.1. The first-order valence-electron chi connectivity index (χ1n) is 5.74. The van der Waals surface area contributed by atoms with E-state index >= 15 is 0 Å². The molecule has 0 aliphatic heterocycles. The van der Waals surface area contributed by atoms with E-state index in [1.54, 1.807) is 12.1 Å². The lowest BCUT2D eigenvalue weighted by Gasteiger charge is -1.98. The van der Waals surface area contributed by atoms with Crippen molar-refractivity contribution in [3.63, 3.8) is 0 Å². The van der Waals surface area contributed by atoms with Gasteiger partial charge in [0.15, 0.2) is 0 Å². The third kappa shape index (κ3) is 4.78. The highest BCUT2D eigenvalue weighted by molar-refractivity contribution is 5.81. The maximum atomic E-state index is 9.11. The van der Waals surface area contributed by atoms with Crippen LogP contribution in [0.1, 0.15) is 38.2 Å². The summed E-state index contributed by atoms with van der Waals surface area (Å²) in [7, 11) is 0. The third-order valence-electron chi connectivity index (χ3n) is 2.37. The van der Waals surface area contributed by atoms with Gasteiger partial charge in [0.1, 0.15) is 5.75 Å². The lowest BCUT2D eigenvalue weighted by Crippen LogP contribution is -1.93. The number of aromatic hydroxyl groups is 1.